The fourth-order valence-corrected chi connectivity index (χ4v) is 3.68. The van der Waals surface area contributed by atoms with E-state index >= 15 is 0 Å². The number of carbonyl (C=O) groups excluding carboxylic acids is 1. The van der Waals surface area contributed by atoms with Crippen molar-refractivity contribution in [2.24, 2.45) is 0 Å². The third-order valence-corrected chi connectivity index (χ3v) is 5.19. The number of rotatable bonds is 7. The lowest BCUT2D eigenvalue weighted by atomic mass is 10.2. The molecule has 1 aliphatic heterocycles. The number of likely N-dealkylation sites (N-methyl/N-ethyl adjacent to an activating group) is 1. The molecule has 0 radical (unpaired) electrons. The summed E-state index contributed by atoms with van der Waals surface area (Å²) in [6, 6.07) is 19.0. The molecule has 2 aromatic rings. The predicted molar refractivity (Wildman–Crippen MR) is 109 cm³/mol. The number of halogens is 1. The van der Waals surface area contributed by atoms with Crippen molar-refractivity contribution in [1.82, 2.24) is 15.1 Å². The van der Waals surface area contributed by atoms with E-state index in [1.807, 2.05) is 25.2 Å². The number of likely N-dealkylation sites (tertiary alicyclic amines) is 1. The Labute approximate surface area is 164 Å². The molecule has 0 spiro atoms. The van der Waals surface area contributed by atoms with E-state index in [0.717, 1.165) is 37.1 Å². The Morgan fingerprint density at radius 3 is 2.62 bits per heavy atom. The van der Waals surface area contributed by atoms with Crippen LogP contribution in [0.5, 0.6) is 0 Å². The number of amides is 1. The summed E-state index contributed by atoms with van der Waals surface area (Å²) < 4.78 is 1.07. The van der Waals surface area contributed by atoms with E-state index in [0.29, 0.717) is 6.54 Å². The van der Waals surface area contributed by atoms with Crippen molar-refractivity contribution in [3.05, 3.63) is 70.2 Å². The second-order valence-corrected chi connectivity index (χ2v) is 7.99. The zero-order valence-electron chi connectivity index (χ0n) is 15.2. The van der Waals surface area contributed by atoms with Crippen molar-refractivity contribution in [3.63, 3.8) is 0 Å². The van der Waals surface area contributed by atoms with E-state index in [1.54, 1.807) is 0 Å². The molecule has 0 bridgehead atoms. The van der Waals surface area contributed by atoms with Crippen LogP contribution in [0.15, 0.2) is 59.1 Å². The molecule has 1 amide bonds. The molecule has 26 heavy (non-hydrogen) atoms. The van der Waals surface area contributed by atoms with Crippen LogP contribution in [-0.4, -0.2) is 48.4 Å². The molecule has 3 rings (SSSR count). The molecule has 0 aromatic heterocycles. The van der Waals surface area contributed by atoms with Gasteiger partial charge >= 0.3 is 0 Å². The van der Waals surface area contributed by atoms with Crippen molar-refractivity contribution < 1.29 is 4.79 Å². The molecule has 4 nitrogen and oxygen atoms in total. The first kappa shape index (κ1) is 19.1. The highest BCUT2D eigenvalue weighted by Crippen LogP contribution is 2.14. The number of carbonyl (C=O) groups is 1. The summed E-state index contributed by atoms with van der Waals surface area (Å²) in [5.41, 5.74) is 2.53. The van der Waals surface area contributed by atoms with E-state index in [1.165, 1.54) is 11.1 Å². The van der Waals surface area contributed by atoms with E-state index in [-0.39, 0.29) is 11.9 Å². The molecule has 1 aliphatic rings. The smallest absolute Gasteiger partial charge is 0.234 e. The second-order valence-electron chi connectivity index (χ2n) is 7.07. The zero-order chi connectivity index (χ0) is 18.4. The fourth-order valence-electron chi connectivity index (χ4n) is 3.41. The third-order valence-electron chi connectivity index (χ3n) is 4.67. The number of nitrogens with one attached hydrogen (secondary N) is 1. The van der Waals surface area contributed by atoms with Gasteiger partial charge in [-0.2, -0.15) is 0 Å². The molecule has 1 atom stereocenters. The van der Waals surface area contributed by atoms with Crippen LogP contribution < -0.4 is 5.32 Å². The van der Waals surface area contributed by atoms with Crippen molar-refractivity contribution in [2.75, 3.05) is 26.7 Å². The lowest BCUT2D eigenvalue weighted by Crippen LogP contribution is -2.42. The maximum absolute atomic E-state index is 12.3. The largest absolute Gasteiger partial charge is 0.351 e. The second kappa shape index (κ2) is 9.31. The van der Waals surface area contributed by atoms with E-state index < -0.39 is 0 Å². The Hall–Kier alpha value is -1.69. The molecule has 138 valence electrons. The lowest BCUT2D eigenvalue weighted by molar-refractivity contribution is -0.122. The minimum absolute atomic E-state index is 0.108. The summed E-state index contributed by atoms with van der Waals surface area (Å²) in [6.45, 7) is 4.11. The maximum Gasteiger partial charge on any atom is 0.234 e. The van der Waals surface area contributed by atoms with Gasteiger partial charge in [0.1, 0.15) is 0 Å². The zero-order valence-corrected chi connectivity index (χ0v) is 16.8. The highest BCUT2D eigenvalue weighted by Gasteiger charge is 2.24. The molecule has 2 aromatic carbocycles. The van der Waals surface area contributed by atoms with Crippen molar-refractivity contribution in [1.29, 1.82) is 0 Å². The highest BCUT2D eigenvalue weighted by atomic mass is 79.9. The van der Waals surface area contributed by atoms with Gasteiger partial charge in [0.2, 0.25) is 5.91 Å². The molecule has 1 saturated heterocycles. The quantitative estimate of drug-likeness (QED) is 0.753. The van der Waals surface area contributed by atoms with Gasteiger partial charge in [0.15, 0.2) is 0 Å². The van der Waals surface area contributed by atoms with Gasteiger partial charge in [0.25, 0.3) is 0 Å². The average Bonchev–Trinajstić information content (AvgIpc) is 3.04. The maximum atomic E-state index is 12.3. The summed E-state index contributed by atoms with van der Waals surface area (Å²) in [5.74, 6) is 0.108. The minimum atomic E-state index is 0.108. The third kappa shape index (κ3) is 5.94. The number of hydrogen-bond donors (Lipinski definition) is 1. The summed E-state index contributed by atoms with van der Waals surface area (Å²) in [6.07, 6.45) is 1.02. The first-order valence-corrected chi connectivity index (χ1v) is 9.86. The van der Waals surface area contributed by atoms with Crippen LogP contribution in [0.1, 0.15) is 17.5 Å². The topological polar surface area (TPSA) is 35.6 Å². The summed E-state index contributed by atoms with van der Waals surface area (Å²) in [7, 11) is 1.98. The van der Waals surface area contributed by atoms with E-state index in [9.17, 15) is 4.79 Å². The molecule has 0 aliphatic carbocycles. The monoisotopic (exact) mass is 415 g/mol. The Bertz CT molecular complexity index is 705. The molecule has 0 unspecified atom stereocenters. The van der Waals surface area contributed by atoms with Crippen LogP contribution in [-0.2, 0) is 17.9 Å². The minimum Gasteiger partial charge on any atom is -0.351 e. The van der Waals surface area contributed by atoms with Crippen LogP contribution in [0.2, 0.25) is 0 Å². The van der Waals surface area contributed by atoms with Gasteiger partial charge < -0.3 is 5.32 Å². The number of hydrogen-bond acceptors (Lipinski definition) is 3. The van der Waals surface area contributed by atoms with Gasteiger partial charge in [-0.25, -0.2) is 0 Å². The first-order chi connectivity index (χ1) is 12.6. The normalized spacial score (nSPS) is 17.6. The molecule has 5 heteroatoms. The average molecular weight is 416 g/mol. The molecule has 1 N–H and O–H groups in total. The molecule has 1 heterocycles. The standard InChI is InChI=1S/C21H26BrN3O/c1-24(13-18-7-9-19(22)10-8-18)16-21(26)23-20-11-12-25(15-20)14-17-5-3-2-4-6-17/h2-10,20H,11-16H2,1H3,(H,23,26)/t20-/m0/s1. The number of benzene rings is 2. The van der Waals surface area contributed by atoms with Crippen LogP contribution in [0.3, 0.4) is 0 Å². The van der Waals surface area contributed by atoms with Gasteiger partial charge in [-0.3, -0.25) is 14.6 Å². The SMILES string of the molecule is CN(CC(=O)N[C@H]1CCN(Cc2ccccc2)C1)Cc1ccc(Br)cc1. The van der Waals surface area contributed by atoms with Crippen LogP contribution in [0.4, 0.5) is 0 Å². The number of nitrogens with zero attached hydrogens (tertiary/aromatic N) is 2. The first-order valence-electron chi connectivity index (χ1n) is 9.07. The van der Waals surface area contributed by atoms with Crippen LogP contribution in [0.25, 0.3) is 0 Å². The Balaban J connectivity index is 1.40. The summed E-state index contributed by atoms with van der Waals surface area (Å²) in [5, 5.41) is 3.19. The van der Waals surface area contributed by atoms with Crippen molar-refractivity contribution in [3.8, 4) is 0 Å². The van der Waals surface area contributed by atoms with Gasteiger partial charge in [0, 0.05) is 36.7 Å². The summed E-state index contributed by atoms with van der Waals surface area (Å²) >= 11 is 3.44. The van der Waals surface area contributed by atoms with Crippen molar-refractivity contribution >= 4 is 21.8 Å². The molecule has 1 fully saturated rings. The van der Waals surface area contributed by atoms with E-state index in [2.05, 4.69) is 67.4 Å². The molecule has 0 saturated carbocycles. The molecular formula is C21H26BrN3O. The van der Waals surface area contributed by atoms with Gasteiger partial charge in [-0.05, 0) is 36.7 Å². The van der Waals surface area contributed by atoms with Crippen LogP contribution in [0, 0.1) is 0 Å². The lowest BCUT2D eigenvalue weighted by Gasteiger charge is -2.19. The Kier molecular flexibility index (Phi) is 6.83. The van der Waals surface area contributed by atoms with Gasteiger partial charge in [0.05, 0.1) is 6.54 Å². The summed E-state index contributed by atoms with van der Waals surface area (Å²) in [4.78, 5) is 16.8. The van der Waals surface area contributed by atoms with Crippen molar-refractivity contribution in [2.45, 2.75) is 25.6 Å². The highest BCUT2D eigenvalue weighted by molar-refractivity contribution is 9.10. The van der Waals surface area contributed by atoms with Gasteiger partial charge in [-0.15, -0.1) is 0 Å². The van der Waals surface area contributed by atoms with Gasteiger partial charge in [-0.1, -0.05) is 58.4 Å². The van der Waals surface area contributed by atoms with Crippen LogP contribution >= 0.6 is 15.9 Å². The fraction of sp³-hybridized carbons (Fsp3) is 0.381. The van der Waals surface area contributed by atoms with E-state index in [4.69, 9.17) is 0 Å². The predicted octanol–water partition coefficient (Wildman–Crippen LogP) is 3.27. The molecular weight excluding hydrogens is 390 g/mol. The Morgan fingerprint density at radius 2 is 1.88 bits per heavy atom. The Morgan fingerprint density at radius 1 is 1.15 bits per heavy atom.